The van der Waals surface area contributed by atoms with E-state index in [1.54, 1.807) is 17.5 Å². The van der Waals surface area contributed by atoms with Crippen LogP contribution in [-0.4, -0.2) is 37.8 Å². The van der Waals surface area contributed by atoms with Gasteiger partial charge in [0.05, 0.1) is 10.2 Å². The maximum Gasteiger partial charge on any atom is 0.246 e. The highest BCUT2D eigenvalue weighted by Crippen LogP contribution is 2.31. The Morgan fingerprint density at radius 1 is 1.28 bits per heavy atom. The molecule has 0 saturated carbocycles. The molecule has 7 heteroatoms. The van der Waals surface area contributed by atoms with Crippen LogP contribution in [0.15, 0.2) is 21.8 Å². The van der Waals surface area contributed by atoms with Crippen molar-refractivity contribution >= 4 is 31.6 Å². The smallest absolute Gasteiger partial charge is 0.246 e. The van der Waals surface area contributed by atoms with Gasteiger partial charge in [0, 0.05) is 32.5 Å². The molecule has 1 aromatic rings. The summed E-state index contributed by atoms with van der Waals surface area (Å²) in [6.45, 7) is 1.19. The molecule has 100 valence electrons. The first-order valence-electron chi connectivity index (χ1n) is 5.89. The third-order valence-electron chi connectivity index (χ3n) is 3.05. The summed E-state index contributed by atoms with van der Waals surface area (Å²) < 4.78 is 27.3. The van der Waals surface area contributed by atoms with E-state index in [1.807, 2.05) is 0 Å². The van der Waals surface area contributed by atoms with Crippen molar-refractivity contribution in [3.05, 3.63) is 16.9 Å². The van der Waals surface area contributed by atoms with Gasteiger partial charge in [0.15, 0.2) is 0 Å². The molecule has 1 aromatic heterocycles. The molecule has 0 spiro atoms. The number of halogens is 1. The Labute approximate surface area is 116 Å². The topological polar surface area (TPSA) is 62.3 Å². The molecule has 1 saturated heterocycles. The van der Waals surface area contributed by atoms with Gasteiger partial charge in [-0.3, -0.25) is 4.98 Å². The number of piperidine rings is 1. The average Bonchev–Trinajstić information content (AvgIpc) is 2.39. The van der Waals surface area contributed by atoms with Crippen LogP contribution in [0.4, 0.5) is 5.69 Å². The third kappa shape index (κ3) is 2.53. The van der Waals surface area contributed by atoms with Crippen LogP contribution in [0, 0.1) is 0 Å². The second-order valence-corrected chi connectivity index (χ2v) is 6.97. The summed E-state index contributed by atoms with van der Waals surface area (Å²) in [4.78, 5) is 4.20. The Hall–Kier alpha value is -0.660. The average molecular weight is 334 g/mol. The fraction of sp³-hybridized carbons (Fsp3) is 0.545. The first-order valence-corrected chi connectivity index (χ1v) is 8.12. The Balaban J connectivity index is 2.43. The van der Waals surface area contributed by atoms with Crippen molar-refractivity contribution in [3.63, 3.8) is 0 Å². The van der Waals surface area contributed by atoms with Crippen molar-refractivity contribution in [2.24, 2.45) is 0 Å². The normalized spacial score (nSPS) is 17.7. The Kier molecular flexibility index (Phi) is 4.24. The molecular weight excluding hydrogens is 318 g/mol. The van der Waals surface area contributed by atoms with E-state index in [2.05, 4.69) is 26.2 Å². The molecule has 0 bridgehead atoms. The van der Waals surface area contributed by atoms with Crippen molar-refractivity contribution < 1.29 is 8.42 Å². The van der Waals surface area contributed by atoms with Gasteiger partial charge in [-0.1, -0.05) is 6.42 Å². The number of hydrogen-bond acceptors (Lipinski definition) is 4. The number of nitrogens with zero attached hydrogens (tertiary/aromatic N) is 2. The first kappa shape index (κ1) is 13.8. The SMILES string of the molecule is CNc1c(Br)cncc1S(=O)(=O)N1CCCCC1. The number of sulfonamides is 1. The molecule has 1 aliphatic rings. The van der Waals surface area contributed by atoms with Crippen molar-refractivity contribution in [2.45, 2.75) is 24.2 Å². The van der Waals surface area contributed by atoms with Crippen LogP contribution in [0.1, 0.15) is 19.3 Å². The fourth-order valence-corrected chi connectivity index (χ4v) is 4.44. The van der Waals surface area contributed by atoms with Gasteiger partial charge in [-0.15, -0.1) is 0 Å². The van der Waals surface area contributed by atoms with Crippen LogP contribution in [0.25, 0.3) is 0 Å². The lowest BCUT2D eigenvalue weighted by Gasteiger charge is -2.26. The number of aromatic nitrogens is 1. The van der Waals surface area contributed by atoms with E-state index in [0.717, 1.165) is 19.3 Å². The summed E-state index contributed by atoms with van der Waals surface area (Å²) in [7, 11) is -1.75. The van der Waals surface area contributed by atoms with Crippen molar-refractivity contribution in [1.29, 1.82) is 0 Å². The zero-order valence-electron chi connectivity index (χ0n) is 10.2. The minimum atomic E-state index is -3.45. The van der Waals surface area contributed by atoms with E-state index in [1.165, 1.54) is 6.20 Å². The molecule has 1 fully saturated rings. The Bertz CT molecular complexity index is 527. The maximum absolute atomic E-state index is 12.5. The van der Waals surface area contributed by atoms with Gasteiger partial charge >= 0.3 is 0 Å². The van der Waals surface area contributed by atoms with Gasteiger partial charge in [-0.05, 0) is 28.8 Å². The van der Waals surface area contributed by atoms with Gasteiger partial charge < -0.3 is 5.32 Å². The summed E-state index contributed by atoms with van der Waals surface area (Å²) in [5, 5.41) is 2.92. The highest BCUT2D eigenvalue weighted by Gasteiger charge is 2.29. The number of pyridine rings is 1. The quantitative estimate of drug-likeness (QED) is 0.919. The highest BCUT2D eigenvalue weighted by atomic mass is 79.9. The molecule has 2 rings (SSSR count). The van der Waals surface area contributed by atoms with E-state index in [4.69, 9.17) is 0 Å². The predicted octanol–water partition coefficient (Wildman–Crippen LogP) is 2.06. The zero-order chi connectivity index (χ0) is 13.2. The van der Waals surface area contributed by atoms with E-state index in [0.29, 0.717) is 23.2 Å². The van der Waals surface area contributed by atoms with Gasteiger partial charge in [-0.2, -0.15) is 4.31 Å². The summed E-state index contributed by atoms with van der Waals surface area (Å²) >= 11 is 3.32. The zero-order valence-corrected chi connectivity index (χ0v) is 12.6. The standard InChI is InChI=1S/C11H16BrN3O2S/c1-13-11-9(12)7-14-8-10(11)18(16,17)15-5-3-2-4-6-15/h7-8H,2-6H2,1H3,(H,13,14). The van der Waals surface area contributed by atoms with E-state index >= 15 is 0 Å². The summed E-state index contributed by atoms with van der Waals surface area (Å²) in [5.41, 5.74) is 0.565. The van der Waals surface area contributed by atoms with Crippen LogP contribution in [0.2, 0.25) is 0 Å². The lowest BCUT2D eigenvalue weighted by molar-refractivity contribution is 0.346. The van der Waals surface area contributed by atoms with Crippen LogP contribution >= 0.6 is 15.9 Å². The molecule has 1 aliphatic heterocycles. The molecule has 0 unspecified atom stereocenters. The molecule has 0 amide bonds. The summed E-state index contributed by atoms with van der Waals surface area (Å²) in [5.74, 6) is 0. The number of nitrogens with one attached hydrogen (secondary N) is 1. The lowest BCUT2D eigenvalue weighted by Crippen LogP contribution is -2.36. The molecule has 18 heavy (non-hydrogen) atoms. The van der Waals surface area contributed by atoms with E-state index < -0.39 is 10.0 Å². The van der Waals surface area contributed by atoms with Gasteiger partial charge in [0.2, 0.25) is 10.0 Å². The van der Waals surface area contributed by atoms with E-state index in [9.17, 15) is 8.42 Å². The minimum absolute atomic E-state index is 0.237. The predicted molar refractivity (Wildman–Crippen MR) is 74.1 cm³/mol. The molecule has 0 atom stereocenters. The summed E-state index contributed by atoms with van der Waals surface area (Å²) in [6.07, 6.45) is 5.94. The molecular formula is C11H16BrN3O2S. The van der Waals surface area contributed by atoms with Crippen LogP contribution in [-0.2, 0) is 10.0 Å². The minimum Gasteiger partial charge on any atom is -0.386 e. The van der Waals surface area contributed by atoms with Crippen molar-refractivity contribution in [3.8, 4) is 0 Å². The maximum atomic E-state index is 12.5. The molecule has 0 aliphatic carbocycles. The lowest BCUT2D eigenvalue weighted by atomic mass is 10.2. The van der Waals surface area contributed by atoms with Crippen LogP contribution in [0.3, 0.4) is 0 Å². The van der Waals surface area contributed by atoms with Crippen LogP contribution < -0.4 is 5.32 Å². The van der Waals surface area contributed by atoms with E-state index in [-0.39, 0.29) is 4.90 Å². The Morgan fingerprint density at radius 3 is 2.56 bits per heavy atom. The second-order valence-electron chi connectivity index (χ2n) is 4.21. The largest absolute Gasteiger partial charge is 0.386 e. The molecule has 0 aromatic carbocycles. The summed E-state index contributed by atoms with van der Waals surface area (Å²) in [6, 6.07) is 0. The van der Waals surface area contributed by atoms with Crippen molar-refractivity contribution in [1.82, 2.24) is 9.29 Å². The van der Waals surface area contributed by atoms with Crippen LogP contribution in [0.5, 0.6) is 0 Å². The number of hydrogen-bond donors (Lipinski definition) is 1. The van der Waals surface area contributed by atoms with Gasteiger partial charge in [-0.25, -0.2) is 8.42 Å². The second kappa shape index (κ2) is 5.54. The number of anilines is 1. The molecule has 2 heterocycles. The Morgan fingerprint density at radius 2 is 1.94 bits per heavy atom. The highest BCUT2D eigenvalue weighted by molar-refractivity contribution is 9.10. The van der Waals surface area contributed by atoms with Gasteiger partial charge in [0.25, 0.3) is 0 Å². The molecule has 5 nitrogen and oxygen atoms in total. The van der Waals surface area contributed by atoms with Crippen molar-refractivity contribution in [2.75, 3.05) is 25.5 Å². The monoisotopic (exact) mass is 333 g/mol. The molecule has 1 N–H and O–H groups in total. The first-order chi connectivity index (χ1) is 8.57. The van der Waals surface area contributed by atoms with Gasteiger partial charge in [0.1, 0.15) is 4.90 Å². The molecule has 0 radical (unpaired) electrons. The number of rotatable bonds is 3. The fourth-order valence-electron chi connectivity index (χ4n) is 2.10. The third-order valence-corrected chi connectivity index (χ3v) is 5.56.